The largest absolute Gasteiger partial charge is 0.396 e. The minimum atomic E-state index is 0.277. The molecule has 0 aromatic heterocycles. The van der Waals surface area contributed by atoms with Crippen molar-refractivity contribution in [3.63, 3.8) is 0 Å². The minimum absolute atomic E-state index is 0.277. The fourth-order valence-corrected chi connectivity index (χ4v) is 1.98. The van der Waals surface area contributed by atoms with Crippen molar-refractivity contribution in [3.05, 3.63) is 35.9 Å². The van der Waals surface area contributed by atoms with E-state index in [0.29, 0.717) is 6.04 Å². The summed E-state index contributed by atoms with van der Waals surface area (Å²) in [6.45, 7) is 1.19. The summed E-state index contributed by atoms with van der Waals surface area (Å²) < 4.78 is 0. The molecule has 0 heterocycles. The Hall–Kier alpha value is -0.860. The van der Waals surface area contributed by atoms with Crippen LogP contribution in [0.2, 0.25) is 0 Å². The Morgan fingerprint density at radius 1 is 1.27 bits per heavy atom. The first kappa shape index (κ1) is 10.7. The van der Waals surface area contributed by atoms with Crippen LogP contribution in [-0.4, -0.2) is 18.3 Å². The first-order valence-corrected chi connectivity index (χ1v) is 5.81. The highest BCUT2D eigenvalue weighted by atomic mass is 16.3. The SMILES string of the molecule is OCCCNC(c1ccccc1)C1CC1. The molecule has 2 N–H and O–H groups in total. The number of hydrogen-bond donors (Lipinski definition) is 2. The Labute approximate surface area is 91.3 Å². The monoisotopic (exact) mass is 205 g/mol. The van der Waals surface area contributed by atoms with Gasteiger partial charge in [0, 0.05) is 12.6 Å². The van der Waals surface area contributed by atoms with Gasteiger partial charge in [-0.15, -0.1) is 0 Å². The van der Waals surface area contributed by atoms with Gasteiger partial charge in [-0.25, -0.2) is 0 Å². The van der Waals surface area contributed by atoms with Crippen LogP contribution in [0.3, 0.4) is 0 Å². The van der Waals surface area contributed by atoms with Crippen LogP contribution < -0.4 is 5.32 Å². The summed E-state index contributed by atoms with van der Waals surface area (Å²) in [5.41, 5.74) is 1.39. The molecule has 1 aliphatic carbocycles. The molecular formula is C13H19NO. The zero-order valence-electron chi connectivity index (χ0n) is 9.02. The van der Waals surface area contributed by atoms with Crippen molar-refractivity contribution in [2.75, 3.05) is 13.2 Å². The smallest absolute Gasteiger partial charge is 0.0443 e. The molecular weight excluding hydrogens is 186 g/mol. The maximum atomic E-state index is 8.76. The van der Waals surface area contributed by atoms with Gasteiger partial charge in [0.2, 0.25) is 0 Å². The fraction of sp³-hybridized carbons (Fsp3) is 0.538. The Balaban J connectivity index is 1.94. The molecule has 1 fully saturated rings. The molecule has 0 bridgehead atoms. The summed E-state index contributed by atoms with van der Waals surface area (Å²) >= 11 is 0. The average Bonchev–Trinajstić information content (AvgIpc) is 3.10. The number of rotatable bonds is 6. The molecule has 2 nitrogen and oxygen atoms in total. The van der Waals surface area contributed by atoms with E-state index in [1.54, 1.807) is 0 Å². The van der Waals surface area contributed by atoms with Gasteiger partial charge in [0.05, 0.1) is 0 Å². The first-order valence-electron chi connectivity index (χ1n) is 5.81. The number of nitrogens with one attached hydrogen (secondary N) is 1. The lowest BCUT2D eigenvalue weighted by molar-refractivity contribution is 0.281. The summed E-state index contributed by atoms with van der Waals surface area (Å²) in [6, 6.07) is 11.1. The zero-order valence-corrected chi connectivity index (χ0v) is 9.02. The maximum absolute atomic E-state index is 8.76. The summed E-state index contributed by atoms with van der Waals surface area (Å²) in [4.78, 5) is 0. The third-order valence-corrected chi connectivity index (χ3v) is 2.95. The van der Waals surface area contributed by atoms with Crippen molar-refractivity contribution in [1.29, 1.82) is 0 Å². The lowest BCUT2D eigenvalue weighted by Crippen LogP contribution is -2.24. The third kappa shape index (κ3) is 3.05. The molecule has 1 aromatic rings. The number of benzene rings is 1. The van der Waals surface area contributed by atoms with E-state index in [1.807, 2.05) is 0 Å². The molecule has 0 saturated heterocycles. The predicted octanol–water partition coefficient (Wildman–Crippen LogP) is 2.11. The fourth-order valence-electron chi connectivity index (χ4n) is 1.98. The zero-order chi connectivity index (χ0) is 10.5. The van der Waals surface area contributed by atoms with Crippen LogP contribution in [0.4, 0.5) is 0 Å². The Morgan fingerprint density at radius 2 is 2.00 bits per heavy atom. The van der Waals surface area contributed by atoms with Gasteiger partial charge in [-0.1, -0.05) is 30.3 Å². The first-order chi connectivity index (χ1) is 7.42. The van der Waals surface area contributed by atoms with Crippen LogP contribution in [0.1, 0.15) is 30.9 Å². The molecule has 1 saturated carbocycles. The van der Waals surface area contributed by atoms with Gasteiger partial charge in [0.1, 0.15) is 0 Å². The van der Waals surface area contributed by atoms with Crippen LogP contribution in [0.5, 0.6) is 0 Å². The second-order valence-corrected chi connectivity index (χ2v) is 4.26. The van der Waals surface area contributed by atoms with Crippen molar-refractivity contribution in [2.24, 2.45) is 5.92 Å². The molecule has 0 aliphatic heterocycles. The summed E-state index contributed by atoms with van der Waals surface area (Å²) in [7, 11) is 0. The van der Waals surface area contributed by atoms with Crippen LogP contribution in [0.25, 0.3) is 0 Å². The molecule has 0 radical (unpaired) electrons. The van der Waals surface area contributed by atoms with Gasteiger partial charge in [0.25, 0.3) is 0 Å². The van der Waals surface area contributed by atoms with Crippen LogP contribution in [0, 0.1) is 5.92 Å². The van der Waals surface area contributed by atoms with Crippen molar-refractivity contribution in [3.8, 4) is 0 Å². The minimum Gasteiger partial charge on any atom is -0.396 e. The molecule has 1 aliphatic rings. The average molecular weight is 205 g/mol. The molecule has 1 atom stereocenters. The summed E-state index contributed by atoms with van der Waals surface area (Å²) in [6.07, 6.45) is 3.52. The van der Waals surface area contributed by atoms with Crippen LogP contribution in [-0.2, 0) is 0 Å². The van der Waals surface area contributed by atoms with Crippen LogP contribution in [0.15, 0.2) is 30.3 Å². The number of aliphatic hydroxyl groups excluding tert-OH is 1. The molecule has 0 spiro atoms. The normalized spacial score (nSPS) is 17.7. The molecule has 2 rings (SSSR count). The van der Waals surface area contributed by atoms with Crippen LogP contribution >= 0.6 is 0 Å². The summed E-state index contributed by atoms with van der Waals surface area (Å²) in [5, 5.41) is 12.3. The molecule has 15 heavy (non-hydrogen) atoms. The van der Waals surface area contributed by atoms with E-state index in [1.165, 1.54) is 18.4 Å². The Bertz CT molecular complexity index is 282. The molecule has 0 amide bonds. The third-order valence-electron chi connectivity index (χ3n) is 2.95. The van der Waals surface area contributed by atoms with E-state index < -0.39 is 0 Å². The Kier molecular flexibility index (Phi) is 3.75. The van der Waals surface area contributed by atoms with Gasteiger partial charge in [-0.05, 0) is 37.3 Å². The topological polar surface area (TPSA) is 32.3 Å². The van der Waals surface area contributed by atoms with Crippen molar-refractivity contribution in [1.82, 2.24) is 5.32 Å². The number of aliphatic hydroxyl groups is 1. The highest BCUT2D eigenvalue weighted by Crippen LogP contribution is 2.40. The standard InChI is InChI=1S/C13H19NO/c15-10-4-9-14-13(12-7-8-12)11-5-2-1-3-6-11/h1-3,5-6,12-15H,4,7-10H2. The highest BCUT2D eigenvalue weighted by molar-refractivity contribution is 5.21. The van der Waals surface area contributed by atoms with E-state index in [4.69, 9.17) is 5.11 Å². The van der Waals surface area contributed by atoms with Gasteiger partial charge in [0.15, 0.2) is 0 Å². The van der Waals surface area contributed by atoms with E-state index in [0.717, 1.165) is 18.9 Å². The van der Waals surface area contributed by atoms with Gasteiger partial charge in [-0.3, -0.25) is 0 Å². The van der Waals surface area contributed by atoms with Gasteiger partial charge >= 0.3 is 0 Å². The van der Waals surface area contributed by atoms with E-state index in [2.05, 4.69) is 35.6 Å². The van der Waals surface area contributed by atoms with Crippen molar-refractivity contribution in [2.45, 2.75) is 25.3 Å². The van der Waals surface area contributed by atoms with Gasteiger partial charge in [-0.2, -0.15) is 0 Å². The number of hydrogen-bond acceptors (Lipinski definition) is 2. The lowest BCUT2D eigenvalue weighted by atomic mass is 10.0. The molecule has 82 valence electrons. The molecule has 1 aromatic carbocycles. The van der Waals surface area contributed by atoms with Crippen molar-refractivity contribution < 1.29 is 5.11 Å². The van der Waals surface area contributed by atoms with E-state index in [9.17, 15) is 0 Å². The molecule has 2 heteroatoms. The van der Waals surface area contributed by atoms with E-state index >= 15 is 0 Å². The molecule has 1 unspecified atom stereocenters. The van der Waals surface area contributed by atoms with E-state index in [-0.39, 0.29) is 6.61 Å². The van der Waals surface area contributed by atoms with Crippen molar-refractivity contribution >= 4 is 0 Å². The second kappa shape index (κ2) is 5.29. The highest BCUT2D eigenvalue weighted by Gasteiger charge is 2.31. The quantitative estimate of drug-likeness (QED) is 0.697. The predicted molar refractivity (Wildman–Crippen MR) is 61.6 cm³/mol. The Morgan fingerprint density at radius 3 is 2.60 bits per heavy atom. The maximum Gasteiger partial charge on any atom is 0.0443 e. The lowest BCUT2D eigenvalue weighted by Gasteiger charge is -2.18. The second-order valence-electron chi connectivity index (χ2n) is 4.26. The summed E-state index contributed by atoms with van der Waals surface area (Å²) in [5.74, 6) is 0.811. The van der Waals surface area contributed by atoms with Gasteiger partial charge < -0.3 is 10.4 Å².